The van der Waals surface area contributed by atoms with Crippen LogP contribution in [-0.2, 0) is 5.41 Å². The SMILES string of the molecule is C=CC1CC2=C(C=C1\C=C/C=C\C(C)=C\C)N(c1ccccc1-c1ccccc1)c1cc(/C=C(/C=C\C=C/C)CC)c(C)c(-c3cccc4c3Nc3ccccc3C43c4ccccc4-c4ccccc43)c1B2. The summed E-state index contributed by atoms with van der Waals surface area (Å²) in [7, 11) is 0.811. The smallest absolute Gasteiger partial charge is 0.193 e. The lowest BCUT2D eigenvalue weighted by Crippen LogP contribution is -2.38. The number of hydrogen-bond donors (Lipinski definition) is 1. The van der Waals surface area contributed by atoms with E-state index in [1.165, 1.54) is 106 Å². The van der Waals surface area contributed by atoms with Gasteiger partial charge in [0.2, 0.25) is 0 Å². The molecule has 1 N–H and O–H groups in total. The molecule has 0 fully saturated rings. The number of fused-ring (bicyclic) bond motifs is 10. The first-order chi connectivity index (χ1) is 35.4. The minimum absolute atomic E-state index is 0.164. The zero-order valence-electron chi connectivity index (χ0n) is 42.2. The van der Waals surface area contributed by atoms with E-state index in [0.717, 1.165) is 37.2 Å². The normalized spacial score (nSPS) is 16.6. The first kappa shape index (κ1) is 46.3. The second kappa shape index (κ2) is 19.6. The molecule has 4 aliphatic rings. The third-order valence-electron chi connectivity index (χ3n) is 15.5. The minimum Gasteiger partial charge on any atom is -0.354 e. The third-order valence-corrected chi connectivity index (χ3v) is 15.5. The van der Waals surface area contributed by atoms with Crippen LogP contribution in [0.1, 0.15) is 73.9 Å². The number of nitrogens with zero attached hydrogens (tertiary/aromatic N) is 1. The lowest BCUT2D eigenvalue weighted by Gasteiger charge is -2.42. The van der Waals surface area contributed by atoms with E-state index < -0.39 is 5.41 Å². The van der Waals surface area contributed by atoms with Crippen LogP contribution >= 0.6 is 0 Å². The van der Waals surface area contributed by atoms with Crippen molar-refractivity contribution >= 4 is 41.6 Å². The second-order valence-electron chi connectivity index (χ2n) is 19.5. The molecule has 0 saturated carbocycles. The van der Waals surface area contributed by atoms with Crippen molar-refractivity contribution < 1.29 is 0 Å². The molecule has 0 amide bonds. The van der Waals surface area contributed by atoms with Gasteiger partial charge in [-0.15, -0.1) is 6.58 Å². The molecule has 0 aromatic heterocycles. The monoisotopic (exact) mass is 928 g/mol. The Kier molecular flexibility index (Phi) is 12.6. The zero-order chi connectivity index (χ0) is 49.3. The van der Waals surface area contributed by atoms with Gasteiger partial charge >= 0.3 is 0 Å². The number of allylic oxidation sites excluding steroid dienone is 15. The number of nitrogens with one attached hydrogen (secondary N) is 1. The molecule has 2 aliphatic heterocycles. The summed E-state index contributed by atoms with van der Waals surface area (Å²) in [6, 6.07) is 56.7. The largest absolute Gasteiger partial charge is 0.354 e. The van der Waals surface area contributed by atoms with E-state index in [1.54, 1.807) is 0 Å². The molecule has 2 heterocycles. The van der Waals surface area contributed by atoms with Crippen LogP contribution in [0.3, 0.4) is 0 Å². The molecule has 11 rings (SSSR count). The summed E-state index contributed by atoms with van der Waals surface area (Å²) in [5.74, 6) is 0.164. The van der Waals surface area contributed by atoms with Gasteiger partial charge in [0.1, 0.15) is 0 Å². The van der Waals surface area contributed by atoms with E-state index >= 15 is 0 Å². The highest BCUT2D eigenvalue weighted by Gasteiger charge is 2.50. The maximum absolute atomic E-state index is 4.44. The predicted molar refractivity (Wildman–Crippen MR) is 311 cm³/mol. The van der Waals surface area contributed by atoms with Crippen LogP contribution in [0, 0.1) is 12.8 Å². The van der Waals surface area contributed by atoms with Crippen molar-refractivity contribution in [1.82, 2.24) is 0 Å². The fourth-order valence-corrected chi connectivity index (χ4v) is 11.9. The minimum atomic E-state index is -0.523. The fraction of sp³-hybridized carbons (Fsp3) is 0.130. The number of benzene rings is 7. The third kappa shape index (κ3) is 7.76. The van der Waals surface area contributed by atoms with Gasteiger partial charge in [0.05, 0.1) is 16.8 Å². The Morgan fingerprint density at radius 2 is 1.36 bits per heavy atom. The van der Waals surface area contributed by atoms with E-state index in [9.17, 15) is 0 Å². The zero-order valence-corrected chi connectivity index (χ0v) is 42.2. The first-order valence-electron chi connectivity index (χ1n) is 25.7. The van der Waals surface area contributed by atoms with Crippen molar-refractivity contribution in [3.63, 3.8) is 0 Å². The Morgan fingerprint density at radius 1 is 0.708 bits per heavy atom. The molecule has 1 spiro atoms. The summed E-state index contributed by atoms with van der Waals surface area (Å²) in [6.45, 7) is 15.4. The highest BCUT2D eigenvalue weighted by Crippen LogP contribution is 2.62. The van der Waals surface area contributed by atoms with Crippen molar-refractivity contribution in [2.75, 3.05) is 10.2 Å². The highest BCUT2D eigenvalue weighted by molar-refractivity contribution is 6.66. The summed E-state index contributed by atoms with van der Waals surface area (Å²) in [4.78, 5) is 2.61. The summed E-state index contributed by atoms with van der Waals surface area (Å²) in [6.07, 6.45) is 28.4. The van der Waals surface area contributed by atoms with E-state index in [-0.39, 0.29) is 5.92 Å². The molecule has 0 radical (unpaired) electrons. The number of hydrogen-bond acceptors (Lipinski definition) is 2. The van der Waals surface area contributed by atoms with Crippen LogP contribution in [-0.4, -0.2) is 7.28 Å². The fourth-order valence-electron chi connectivity index (χ4n) is 11.9. The van der Waals surface area contributed by atoms with Crippen LogP contribution in [0.15, 0.2) is 253 Å². The summed E-state index contributed by atoms with van der Waals surface area (Å²) in [5.41, 5.74) is 27.1. The Bertz CT molecular complexity index is 3500. The van der Waals surface area contributed by atoms with Crippen LogP contribution in [0.4, 0.5) is 22.7 Å². The molecule has 1 atom stereocenters. The highest BCUT2D eigenvalue weighted by atomic mass is 15.2. The van der Waals surface area contributed by atoms with Crippen molar-refractivity contribution in [2.24, 2.45) is 5.92 Å². The average molecular weight is 929 g/mol. The van der Waals surface area contributed by atoms with Gasteiger partial charge in [0, 0.05) is 34.1 Å². The molecule has 3 heteroatoms. The lowest BCUT2D eigenvalue weighted by atomic mass is 9.53. The summed E-state index contributed by atoms with van der Waals surface area (Å²) in [5, 5.41) is 4.15. The van der Waals surface area contributed by atoms with Crippen LogP contribution < -0.4 is 15.7 Å². The predicted octanol–water partition coefficient (Wildman–Crippen LogP) is 17.3. The molecular weight excluding hydrogens is 868 g/mol. The van der Waals surface area contributed by atoms with Crippen molar-refractivity contribution in [1.29, 1.82) is 0 Å². The molecular formula is C69H61BN2. The molecule has 2 aliphatic carbocycles. The van der Waals surface area contributed by atoms with Crippen molar-refractivity contribution in [2.45, 2.75) is 52.9 Å². The average Bonchev–Trinajstić information content (AvgIpc) is 3.71. The molecule has 7 aromatic rings. The number of anilines is 4. The van der Waals surface area contributed by atoms with Crippen LogP contribution in [0.5, 0.6) is 0 Å². The second-order valence-corrected chi connectivity index (χ2v) is 19.5. The first-order valence-corrected chi connectivity index (χ1v) is 25.7. The van der Waals surface area contributed by atoms with Gasteiger partial charge in [-0.3, -0.25) is 0 Å². The van der Waals surface area contributed by atoms with Gasteiger partial charge in [-0.25, -0.2) is 0 Å². The molecule has 1 unspecified atom stereocenters. The van der Waals surface area contributed by atoms with Crippen molar-refractivity contribution in [3.05, 3.63) is 286 Å². The lowest BCUT2D eigenvalue weighted by molar-refractivity contribution is 0.762. The Labute approximate surface area is 428 Å². The summed E-state index contributed by atoms with van der Waals surface area (Å²) >= 11 is 0. The Balaban J connectivity index is 1.23. The van der Waals surface area contributed by atoms with Gasteiger partial charge in [-0.2, -0.15) is 0 Å². The van der Waals surface area contributed by atoms with Crippen molar-refractivity contribution in [3.8, 4) is 33.4 Å². The van der Waals surface area contributed by atoms with Gasteiger partial charge < -0.3 is 10.2 Å². The molecule has 0 bridgehead atoms. The van der Waals surface area contributed by atoms with Gasteiger partial charge in [-0.1, -0.05) is 218 Å². The Morgan fingerprint density at radius 3 is 2.08 bits per heavy atom. The van der Waals surface area contributed by atoms with Gasteiger partial charge in [-0.05, 0) is 137 Å². The Hall–Kier alpha value is -8.14. The number of rotatable bonds is 11. The maximum Gasteiger partial charge on any atom is 0.193 e. The molecule has 7 aromatic carbocycles. The molecule has 0 saturated heterocycles. The van der Waals surface area contributed by atoms with E-state index in [0.29, 0.717) is 0 Å². The van der Waals surface area contributed by atoms with Gasteiger partial charge in [0.15, 0.2) is 7.28 Å². The number of para-hydroxylation sites is 3. The van der Waals surface area contributed by atoms with Crippen LogP contribution in [0.25, 0.3) is 39.5 Å². The summed E-state index contributed by atoms with van der Waals surface area (Å²) < 4.78 is 0. The van der Waals surface area contributed by atoms with Gasteiger partial charge in [0.25, 0.3) is 0 Å². The molecule has 350 valence electrons. The quantitative estimate of drug-likeness (QED) is 0.0790. The molecule has 2 nitrogen and oxygen atoms in total. The van der Waals surface area contributed by atoms with E-state index in [4.69, 9.17) is 0 Å². The van der Waals surface area contributed by atoms with E-state index in [1.807, 2.05) is 0 Å². The maximum atomic E-state index is 4.44. The van der Waals surface area contributed by atoms with Crippen LogP contribution in [0.2, 0.25) is 0 Å². The molecule has 72 heavy (non-hydrogen) atoms. The van der Waals surface area contributed by atoms with E-state index in [2.05, 4.69) is 276 Å². The topological polar surface area (TPSA) is 15.3 Å². The standard InChI is InChI=1S/C69H61BN2/c1-7-11-13-28-48(9-3)42-52-45-65-67(70-61-43-49(10-4)51(31-17-16-27-46(5)8-2)44-64(61)72(65)63-41-25-20-32-53(63)50-29-14-12-15-30-50)66(47(52)6)56-35-26-39-60-68(56)71-62-40-24-23-38-59(62)69(60)57-36-21-18-33-54(57)55-34-19-22-37-58(55)69/h7-8,10-42,44-45,49,70-71H,4,9,43H2,1-3,5-6H3/b11-7-,27-16-,28-13-,31-17-,46-8+,48-42+.